The van der Waals surface area contributed by atoms with Crippen molar-refractivity contribution in [1.82, 2.24) is 9.71 Å². The van der Waals surface area contributed by atoms with Gasteiger partial charge < -0.3 is 0 Å². The number of rotatable bonds is 3. The first kappa shape index (κ1) is 10.6. The number of aryl methyl sites for hydroxylation is 1. The van der Waals surface area contributed by atoms with Crippen molar-refractivity contribution in [3.8, 4) is 0 Å². The van der Waals surface area contributed by atoms with Crippen molar-refractivity contribution >= 4 is 21.4 Å². The summed E-state index contributed by atoms with van der Waals surface area (Å²) in [6.07, 6.45) is 0. The van der Waals surface area contributed by atoms with Crippen LogP contribution < -0.4 is 4.72 Å². The van der Waals surface area contributed by atoms with Gasteiger partial charge in [0.25, 0.3) is 0 Å². The molecule has 6 heteroatoms. The third-order valence-electron chi connectivity index (χ3n) is 1.80. The number of nitrogens with zero attached hydrogens (tertiary/aromatic N) is 1. The van der Waals surface area contributed by atoms with Crippen LogP contribution in [0.4, 0.5) is 0 Å². The summed E-state index contributed by atoms with van der Waals surface area (Å²) in [4.78, 5) is 4.12. The number of aromatic nitrogens is 1. The predicted molar refractivity (Wildman–Crippen MR) is 53.2 cm³/mol. The van der Waals surface area contributed by atoms with Gasteiger partial charge in [0, 0.05) is 5.38 Å². The third kappa shape index (κ3) is 2.26. The highest BCUT2D eigenvalue weighted by Gasteiger charge is 2.22. The summed E-state index contributed by atoms with van der Waals surface area (Å²) in [7, 11) is -1.84. The van der Waals surface area contributed by atoms with E-state index >= 15 is 0 Å². The maximum atomic E-state index is 11.4. The lowest BCUT2D eigenvalue weighted by Gasteiger charge is -2.08. The lowest BCUT2D eigenvalue weighted by Crippen LogP contribution is -2.24. The Morgan fingerprint density at radius 1 is 1.62 bits per heavy atom. The van der Waals surface area contributed by atoms with Gasteiger partial charge >= 0.3 is 0 Å². The fraction of sp³-hybridized carbons (Fsp3) is 0.571. The number of thiazole rings is 1. The Morgan fingerprint density at radius 2 is 2.23 bits per heavy atom. The zero-order valence-corrected chi connectivity index (χ0v) is 9.37. The fourth-order valence-electron chi connectivity index (χ4n) is 0.903. The third-order valence-corrected chi connectivity index (χ3v) is 4.34. The van der Waals surface area contributed by atoms with Gasteiger partial charge in [-0.05, 0) is 20.9 Å². The average molecular weight is 220 g/mol. The van der Waals surface area contributed by atoms with Crippen LogP contribution in [0.3, 0.4) is 0 Å². The quantitative estimate of drug-likeness (QED) is 0.828. The molecule has 1 heterocycles. The molecule has 1 aromatic heterocycles. The Kier molecular flexibility index (Phi) is 3.05. The van der Waals surface area contributed by atoms with Gasteiger partial charge in [-0.3, -0.25) is 0 Å². The predicted octanol–water partition coefficient (Wildman–Crippen LogP) is 1.06. The van der Waals surface area contributed by atoms with Crippen LogP contribution in [-0.4, -0.2) is 20.4 Å². The van der Waals surface area contributed by atoms with Crippen molar-refractivity contribution in [2.75, 3.05) is 7.05 Å². The van der Waals surface area contributed by atoms with Crippen LogP contribution >= 0.6 is 11.3 Å². The normalized spacial score (nSPS) is 14.4. The number of hydrogen-bond donors (Lipinski definition) is 1. The lowest BCUT2D eigenvalue weighted by atomic mass is 10.4. The lowest BCUT2D eigenvalue weighted by molar-refractivity contribution is 0.577. The zero-order valence-electron chi connectivity index (χ0n) is 7.73. The summed E-state index contributed by atoms with van der Waals surface area (Å²) in [5, 5.41) is 2.07. The van der Waals surface area contributed by atoms with Crippen LogP contribution in [0.25, 0.3) is 0 Å². The van der Waals surface area contributed by atoms with Gasteiger partial charge in [-0.15, -0.1) is 11.3 Å². The Balaban J connectivity index is 2.98. The minimum atomic E-state index is -3.24. The molecular formula is C7H12N2O2S2. The molecule has 0 fully saturated rings. The van der Waals surface area contributed by atoms with Crippen LogP contribution in [0.1, 0.15) is 22.9 Å². The Hall–Kier alpha value is -0.460. The highest BCUT2D eigenvalue weighted by Crippen LogP contribution is 2.21. The van der Waals surface area contributed by atoms with Crippen LogP contribution in [0.15, 0.2) is 5.38 Å². The minimum Gasteiger partial charge on any atom is -0.245 e. The number of sulfonamides is 1. The molecule has 1 unspecified atom stereocenters. The van der Waals surface area contributed by atoms with E-state index in [1.165, 1.54) is 18.4 Å². The molecule has 0 bridgehead atoms. The highest BCUT2D eigenvalue weighted by molar-refractivity contribution is 7.89. The molecule has 74 valence electrons. The van der Waals surface area contributed by atoms with Gasteiger partial charge in [0.05, 0.1) is 10.7 Å². The summed E-state index contributed by atoms with van der Waals surface area (Å²) >= 11 is 1.46. The van der Waals surface area contributed by atoms with Gasteiger partial charge in [0.15, 0.2) is 0 Å². The van der Waals surface area contributed by atoms with Gasteiger partial charge in [-0.2, -0.15) is 0 Å². The van der Waals surface area contributed by atoms with Crippen molar-refractivity contribution in [1.29, 1.82) is 0 Å². The second-order valence-corrected chi connectivity index (χ2v) is 5.95. The molecule has 0 saturated heterocycles. The second kappa shape index (κ2) is 3.73. The molecule has 13 heavy (non-hydrogen) atoms. The van der Waals surface area contributed by atoms with Gasteiger partial charge in [0.2, 0.25) is 10.0 Å². The maximum Gasteiger partial charge on any atom is 0.219 e. The molecule has 0 radical (unpaired) electrons. The molecule has 4 nitrogen and oxygen atoms in total. The molecule has 0 aromatic carbocycles. The van der Waals surface area contributed by atoms with E-state index in [-0.39, 0.29) is 0 Å². The van der Waals surface area contributed by atoms with E-state index in [1.54, 1.807) is 12.3 Å². The highest BCUT2D eigenvalue weighted by atomic mass is 32.2. The largest absolute Gasteiger partial charge is 0.245 e. The summed E-state index contributed by atoms with van der Waals surface area (Å²) in [5.41, 5.74) is 0.608. The molecule has 0 amide bonds. The van der Waals surface area contributed by atoms with Crippen molar-refractivity contribution in [2.24, 2.45) is 0 Å². The van der Waals surface area contributed by atoms with E-state index in [1.807, 2.05) is 6.92 Å². The molecule has 0 aliphatic carbocycles. The summed E-state index contributed by atoms with van der Waals surface area (Å²) in [5.74, 6) is 0. The minimum absolute atomic E-state index is 0.581. The van der Waals surface area contributed by atoms with Crippen molar-refractivity contribution < 1.29 is 8.42 Å². The Labute approximate surface area is 82.1 Å². The first-order chi connectivity index (χ1) is 5.97. The first-order valence-electron chi connectivity index (χ1n) is 3.81. The molecule has 0 aliphatic heterocycles. The van der Waals surface area contributed by atoms with Crippen molar-refractivity contribution in [3.63, 3.8) is 0 Å². The first-order valence-corrected chi connectivity index (χ1v) is 6.24. The maximum absolute atomic E-state index is 11.4. The molecule has 1 N–H and O–H groups in total. The molecule has 1 atom stereocenters. The topological polar surface area (TPSA) is 59.1 Å². The second-order valence-electron chi connectivity index (χ2n) is 2.68. The molecular weight excluding hydrogens is 208 g/mol. The van der Waals surface area contributed by atoms with Gasteiger partial charge in [-0.25, -0.2) is 18.1 Å². The molecule has 0 saturated carbocycles. The van der Waals surface area contributed by atoms with E-state index in [0.717, 1.165) is 5.01 Å². The van der Waals surface area contributed by atoms with E-state index in [4.69, 9.17) is 0 Å². The van der Waals surface area contributed by atoms with Crippen LogP contribution in [0.2, 0.25) is 0 Å². The van der Waals surface area contributed by atoms with E-state index < -0.39 is 15.3 Å². The number of nitrogens with one attached hydrogen (secondary N) is 1. The standard InChI is InChI=1S/C7H12N2O2S2/c1-5(13(10,11)8-3)7-4-12-6(2)9-7/h4-5,8H,1-3H3. The monoisotopic (exact) mass is 220 g/mol. The molecule has 0 aliphatic rings. The van der Waals surface area contributed by atoms with E-state index in [9.17, 15) is 8.42 Å². The smallest absolute Gasteiger partial charge is 0.219 e. The summed E-state index contributed by atoms with van der Waals surface area (Å²) in [6.45, 7) is 3.48. The van der Waals surface area contributed by atoms with E-state index in [2.05, 4.69) is 9.71 Å². The van der Waals surface area contributed by atoms with Crippen LogP contribution in [0.5, 0.6) is 0 Å². The van der Waals surface area contributed by atoms with E-state index in [0.29, 0.717) is 5.69 Å². The van der Waals surface area contributed by atoms with Crippen LogP contribution in [-0.2, 0) is 10.0 Å². The Bertz CT molecular complexity index is 383. The zero-order chi connectivity index (χ0) is 10.1. The van der Waals surface area contributed by atoms with Gasteiger partial charge in [-0.1, -0.05) is 0 Å². The fourth-order valence-corrected chi connectivity index (χ4v) is 2.49. The van der Waals surface area contributed by atoms with Crippen molar-refractivity contribution in [3.05, 3.63) is 16.1 Å². The van der Waals surface area contributed by atoms with Gasteiger partial charge in [0.1, 0.15) is 5.25 Å². The summed E-state index contributed by atoms with van der Waals surface area (Å²) < 4.78 is 25.0. The SMILES string of the molecule is CNS(=O)(=O)C(C)c1csc(C)n1. The van der Waals surface area contributed by atoms with Crippen LogP contribution in [0, 0.1) is 6.92 Å². The number of hydrogen-bond acceptors (Lipinski definition) is 4. The average Bonchev–Trinajstić information content (AvgIpc) is 2.50. The van der Waals surface area contributed by atoms with Crippen molar-refractivity contribution in [2.45, 2.75) is 19.1 Å². The molecule has 1 aromatic rings. The molecule has 0 spiro atoms. The Morgan fingerprint density at radius 3 is 2.62 bits per heavy atom. The molecule has 1 rings (SSSR count). The summed E-state index contributed by atoms with van der Waals surface area (Å²) in [6, 6.07) is 0.